The van der Waals surface area contributed by atoms with Gasteiger partial charge >= 0.3 is 12.0 Å². The number of carboxylic acid groups (broad SMARTS) is 1. The van der Waals surface area contributed by atoms with Crippen LogP contribution in [-0.2, 0) is 4.79 Å². The van der Waals surface area contributed by atoms with Gasteiger partial charge in [0.1, 0.15) is 0 Å². The average Bonchev–Trinajstić information content (AvgIpc) is 2.66. The van der Waals surface area contributed by atoms with E-state index in [1.807, 2.05) is 6.07 Å². The van der Waals surface area contributed by atoms with E-state index in [9.17, 15) is 9.59 Å². The van der Waals surface area contributed by atoms with Crippen LogP contribution >= 0.6 is 0 Å². The van der Waals surface area contributed by atoms with Crippen LogP contribution in [0.3, 0.4) is 0 Å². The molecule has 0 bridgehead atoms. The number of nitrogens with zero attached hydrogens (tertiary/aromatic N) is 3. The summed E-state index contributed by atoms with van der Waals surface area (Å²) in [6.07, 6.45) is 0. The number of carbonyl (C=O) groups is 2. The van der Waals surface area contributed by atoms with E-state index < -0.39 is 12.0 Å². The summed E-state index contributed by atoms with van der Waals surface area (Å²) in [6.45, 7) is 0.130. The van der Waals surface area contributed by atoms with Crippen molar-refractivity contribution >= 4 is 17.7 Å². The maximum absolute atomic E-state index is 11.9. The fraction of sp³-hybridized carbons (Fsp3) is 0.250. The number of carboxylic acids is 1. The molecule has 1 N–H and O–H groups in total. The lowest BCUT2D eigenvalue weighted by Crippen LogP contribution is -2.39. The zero-order chi connectivity index (χ0) is 13.3. The van der Waals surface area contributed by atoms with Crippen molar-refractivity contribution in [1.82, 2.24) is 4.90 Å². The van der Waals surface area contributed by atoms with E-state index in [1.165, 1.54) is 15.9 Å². The van der Waals surface area contributed by atoms with Crippen LogP contribution < -0.4 is 4.90 Å². The molecule has 1 heterocycles. The van der Waals surface area contributed by atoms with Crippen LogP contribution in [0.4, 0.5) is 10.5 Å². The molecule has 1 saturated heterocycles. The van der Waals surface area contributed by atoms with Crippen molar-refractivity contribution in [1.29, 1.82) is 5.26 Å². The van der Waals surface area contributed by atoms with E-state index in [0.29, 0.717) is 11.3 Å². The minimum atomic E-state index is -1.06. The first-order valence-electron chi connectivity index (χ1n) is 5.32. The minimum absolute atomic E-state index is 0.130. The Morgan fingerprint density at radius 1 is 1.56 bits per heavy atom. The van der Waals surface area contributed by atoms with Crippen molar-refractivity contribution in [2.24, 2.45) is 0 Å². The number of rotatable bonds is 2. The molecule has 1 unspecified atom stereocenters. The normalized spacial score (nSPS) is 18.9. The number of nitriles is 1. The number of carbonyl (C=O) groups excluding carboxylic acids is 1. The lowest BCUT2D eigenvalue weighted by Gasteiger charge is -2.20. The third-order valence-electron chi connectivity index (χ3n) is 2.83. The maximum Gasteiger partial charge on any atom is 0.328 e. The highest BCUT2D eigenvalue weighted by Crippen LogP contribution is 2.25. The van der Waals surface area contributed by atoms with E-state index >= 15 is 0 Å². The average molecular weight is 245 g/mol. The molecular formula is C12H11N3O3. The van der Waals surface area contributed by atoms with Gasteiger partial charge < -0.3 is 10.0 Å². The Morgan fingerprint density at radius 2 is 2.28 bits per heavy atom. The quantitative estimate of drug-likeness (QED) is 0.838. The van der Waals surface area contributed by atoms with Crippen molar-refractivity contribution in [3.8, 4) is 6.07 Å². The number of likely N-dealkylation sites (N-methyl/N-ethyl adjacent to an activating group) is 1. The summed E-state index contributed by atoms with van der Waals surface area (Å²) in [4.78, 5) is 25.6. The number of amides is 2. The molecule has 2 rings (SSSR count). The van der Waals surface area contributed by atoms with E-state index in [2.05, 4.69) is 0 Å². The first-order chi connectivity index (χ1) is 8.54. The predicted octanol–water partition coefficient (Wildman–Crippen LogP) is 0.883. The topological polar surface area (TPSA) is 84.6 Å². The van der Waals surface area contributed by atoms with Gasteiger partial charge in [0.25, 0.3) is 0 Å². The summed E-state index contributed by atoms with van der Waals surface area (Å²) in [5.41, 5.74) is 0.815. The molecule has 6 nitrogen and oxygen atoms in total. The fourth-order valence-corrected chi connectivity index (χ4v) is 1.94. The van der Waals surface area contributed by atoms with Gasteiger partial charge in [-0.2, -0.15) is 5.26 Å². The smallest absolute Gasteiger partial charge is 0.328 e. The Bertz CT molecular complexity index is 550. The summed E-state index contributed by atoms with van der Waals surface area (Å²) in [6, 6.07) is 7.01. The maximum atomic E-state index is 11.9. The van der Waals surface area contributed by atoms with Crippen molar-refractivity contribution < 1.29 is 14.7 Å². The second-order valence-electron chi connectivity index (χ2n) is 4.05. The predicted molar refractivity (Wildman–Crippen MR) is 63.1 cm³/mol. The molecule has 1 aliphatic rings. The number of anilines is 1. The molecule has 92 valence electrons. The SMILES string of the molecule is CN1CC(C(=O)O)N(c2cccc(C#N)c2)C1=O. The van der Waals surface area contributed by atoms with Gasteiger partial charge in [0.05, 0.1) is 18.2 Å². The van der Waals surface area contributed by atoms with Crippen LogP contribution in [0.15, 0.2) is 24.3 Å². The third-order valence-corrected chi connectivity index (χ3v) is 2.83. The molecule has 1 atom stereocenters. The third kappa shape index (κ3) is 1.86. The highest BCUT2D eigenvalue weighted by Gasteiger charge is 2.40. The van der Waals surface area contributed by atoms with Gasteiger partial charge in [-0.3, -0.25) is 4.90 Å². The Morgan fingerprint density at radius 3 is 2.89 bits per heavy atom. The Hall–Kier alpha value is -2.55. The molecule has 2 amide bonds. The summed E-state index contributed by atoms with van der Waals surface area (Å²) in [7, 11) is 1.55. The second kappa shape index (κ2) is 4.37. The first-order valence-corrected chi connectivity index (χ1v) is 5.32. The zero-order valence-electron chi connectivity index (χ0n) is 9.70. The molecule has 0 spiro atoms. The molecule has 6 heteroatoms. The Labute approximate surface area is 104 Å². The van der Waals surface area contributed by atoms with Crippen molar-refractivity contribution in [3.63, 3.8) is 0 Å². The molecule has 18 heavy (non-hydrogen) atoms. The summed E-state index contributed by atoms with van der Waals surface area (Å²) in [5.74, 6) is -1.06. The van der Waals surface area contributed by atoms with Crippen LogP contribution in [0, 0.1) is 11.3 Å². The standard InChI is InChI=1S/C12H11N3O3/c1-14-7-10(11(16)17)15(12(14)18)9-4-2-3-8(5-9)6-13/h2-5,10H,7H2,1H3,(H,16,17). The summed E-state index contributed by atoms with van der Waals surface area (Å²) >= 11 is 0. The molecule has 0 aromatic heterocycles. The van der Waals surface area contributed by atoms with Crippen LogP contribution in [-0.4, -0.2) is 41.6 Å². The van der Waals surface area contributed by atoms with Crippen LogP contribution in [0.1, 0.15) is 5.56 Å². The Balaban J connectivity index is 2.43. The minimum Gasteiger partial charge on any atom is -0.480 e. The lowest BCUT2D eigenvalue weighted by molar-refractivity contribution is -0.138. The van der Waals surface area contributed by atoms with E-state index in [4.69, 9.17) is 10.4 Å². The molecule has 1 fully saturated rings. The summed E-state index contributed by atoms with van der Waals surface area (Å²) < 4.78 is 0. The number of aliphatic carboxylic acids is 1. The van der Waals surface area contributed by atoms with Crippen molar-refractivity contribution in [3.05, 3.63) is 29.8 Å². The summed E-state index contributed by atoms with van der Waals surface area (Å²) in [5, 5.41) is 17.9. The molecule has 0 aliphatic carbocycles. The highest BCUT2D eigenvalue weighted by atomic mass is 16.4. The van der Waals surface area contributed by atoms with Crippen LogP contribution in [0.2, 0.25) is 0 Å². The van der Waals surface area contributed by atoms with E-state index in [1.54, 1.807) is 25.2 Å². The second-order valence-corrected chi connectivity index (χ2v) is 4.05. The number of hydrogen-bond acceptors (Lipinski definition) is 3. The van der Waals surface area contributed by atoms with Gasteiger partial charge in [-0.1, -0.05) is 6.07 Å². The fourth-order valence-electron chi connectivity index (χ4n) is 1.94. The van der Waals surface area contributed by atoms with Gasteiger partial charge in [-0.05, 0) is 18.2 Å². The molecular weight excluding hydrogens is 234 g/mol. The zero-order valence-corrected chi connectivity index (χ0v) is 9.70. The van der Waals surface area contributed by atoms with Gasteiger partial charge in [0, 0.05) is 12.7 Å². The highest BCUT2D eigenvalue weighted by molar-refractivity contribution is 6.01. The van der Waals surface area contributed by atoms with E-state index in [0.717, 1.165) is 0 Å². The van der Waals surface area contributed by atoms with Gasteiger partial charge in [-0.25, -0.2) is 9.59 Å². The lowest BCUT2D eigenvalue weighted by atomic mass is 10.2. The van der Waals surface area contributed by atoms with Crippen molar-refractivity contribution in [2.45, 2.75) is 6.04 Å². The molecule has 1 aromatic rings. The number of urea groups is 1. The van der Waals surface area contributed by atoms with Gasteiger partial charge in [-0.15, -0.1) is 0 Å². The van der Waals surface area contributed by atoms with Gasteiger partial charge in [0.2, 0.25) is 0 Å². The molecule has 0 saturated carbocycles. The number of benzene rings is 1. The van der Waals surface area contributed by atoms with E-state index in [-0.39, 0.29) is 12.6 Å². The molecule has 1 aliphatic heterocycles. The van der Waals surface area contributed by atoms with Gasteiger partial charge in [0.15, 0.2) is 6.04 Å². The molecule has 1 aromatic carbocycles. The monoisotopic (exact) mass is 245 g/mol. The molecule has 0 radical (unpaired) electrons. The largest absolute Gasteiger partial charge is 0.480 e. The van der Waals surface area contributed by atoms with Crippen LogP contribution in [0.25, 0.3) is 0 Å². The van der Waals surface area contributed by atoms with Crippen molar-refractivity contribution in [2.75, 3.05) is 18.5 Å². The Kier molecular flexibility index (Phi) is 2.90. The first kappa shape index (κ1) is 11.9. The van der Waals surface area contributed by atoms with Crippen LogP contribution in [0.5, 0.6) is 0 Å². The number of hydrogen-bond donors (Lipinski definition) is 1.